The summed E-state index contributed by atoms with van der Waals surface area (Å²) in [5.74, 6) is -0.266. The van der Waals surface area contributed by atoms with Crippen molar-refractivity contribution >= 4 is 0 Å². The van der Waals surface area contributed by atoms with Crippen molar-refractivity contribution in [1.82, 2.24) is 14.9 Å². The lowest BCUT2D eigenvalue weighted by Gasteiger charge is -2.42. The van der Waals surface area contributed by atoms with Gasteiger partial charge in [0.15, 0.2) is 0 Å². The van der Waals surface area contributed by atoms with E-state index < -0.39 is 5.60 Å². The van der Waals surface area contributed by atoms with Crippen LogP contribution in [-0.4, -0.2) is 51.9 Å². The van der Waals surface area contributed by atoms with E-state index in [1.165, 1.54) is 12.4 Å². The minimum atomic E-state index is -0.782. The number of hydrogen-bond acceptors (Lipinski definition) is 5. The van der Waals surface area contributed by atoms with E-state index in [-0.39, 0.29) is 12.4 Å². The number of rotatable bonds is 5. The highest BCUT2D eigenvalue weighted by atomic mass is 19.1. The number of morpholine rings is 1. The average Bonchev–Trinajstić information content (AvgIpc) is 2.58. The molecule has 1 aromatic carbocycles. The van der Waals surface area contributed by atoms with Crippen LogP contribution in [0.5, 0.6) is 0 Å². The van der Waals surface area contributed by atoms with Crippen LogP contribution >= 0.6 is 0 Å². The fraction of sp³-hybridized carbons (Fsp3) is 0.412. The van der Waals surface area contributed by atoms with Crippen molar-refractivity contribution in [2.24, 2.45) is 0 Å². The Morgan fingerprint density at radius 1 is 1.26 bits per heavy atom. The van der Waals surface area contributed by atoms with E-state index in [0.29, 0.717) is 31.7 Å². The quantitative estimate of drug-likeness (QED) is 0.904. The van der Waals surface area contributed by atoms with Crippen LogP contribution in [-0.2, 0) is 17.7 Å². The molecule has 1 aliphatic rings. The number of ether oxygens (including phenoxy) is 1. The third-order valence-electron chi connectivity index (χ3n) is 4.11. The second-order valence-electron chi connectivity index (χ2n) is 5.92. The molecule has 0 aliphatic carbocycles. The maximum Gasteiger partial charge on any atom is 0.126 e. The lowest BCUT2D eigenvalue weighted by molar-refractivity contribution is -0.134. The van der Waals surface area contributed by atoms with Crippen molar-refractivity contribution in [3.63, 3.8) is 0 Å². The van der Waals surface area contributed by atoms with Gasteiger partial charge in [0.05, 0.1) is 13.2 Å². The number of halogens is 1. The second kappa shape index (κ2) is 7.12. The predicted molar refractivity (Wildman–Crippen MR) is 83.2 cm³/mol. The van der Waals surface area contributed by atoms with Crippen LogP contribution in [0.3, 0.4) is 0 Å². The largest absolute Gasteiger partial charge is 0.393 e. The Morgan fingerprint density at radius 3 is 2.78 bits per heavy atom. The summed E-state index contributed by atoms with van der Waals surface area (Å²) in [6.07, 6.45) is 5.40. The Kier molecular flexibility index (Phi) is 4.95. The summed E-state index contributed by atoms with van der Waals surface area (Å²) < 4.78 is 19.8. The molecule has 3 rings (SSSR count). The van der Waals surface area contributed by atoms with Gasteiger partial charge in [0, 0.05) is 44.0 Å². The standard InChI is InChI=1S/C17H20FN3O2/c18-16-4-2-1-3-15(16)7-17(12-22)11-21(5-6-23-17)10-14-8-19-13-20-9-14/h1-4,8-9,13,22H,5-7,10-12H2. The Bertz CT molecular complexity index is 641. The molecule has 1 fully saturated rings. The summed E-state index contributed by atoms with van der Waals surface area (Å²) in [7, 11) is 0. The first-order chi connectivity index (χ1) is 11.2. The maximum absolute atomic E-state index is 13.9. The van der Waals surface area contributed by atoms with E-state index in [1.54, 1.807) is 30.6 Å². The highest BCUT2D eigenvalue weighted by molar-refractivity contribution is 5.20. The molecule has 2 heterocycles. The van der Waals surface area contributed by atoms with Gasteiger partial charge in [-0.3, -0.25) is 4.90 Å². The highest BCUT2D eigenvalue weighted by Gasteiger charge is 2.37. The van der Waals surface area contributed by atoms with Crippen LogP contribution in [0.1, 0.15) is 11.1 Å². The molecule has 1 atom stereocenters. The summed E-state index contributed by atoms with van der Waals surface area (Å²) in [6.45, 7) is 2.33. The summed E-state index contributed by atoms with van der Waals surface area (Å²) in [6, 6.07) is 6.63. The summed E-state index contributed by atoms with van der Waals surface area (Å²) in [5.41, 5.74) is 0.786. The molecule has 122 valence electrons. The first-order valence-electron chi connectivity index (χ1n) is 7.65. The second-order valence-corrected chi connectivity index (χ2v) is 5.92. The van der Waals surface area contributed by atoms with E-state index in [4.69, 9.17) is 4.74 Å². The topological polar surface area (TPSA) is 58.5 Å². The SMILES string of the molecule is OCC1(Cc2ccccc2F)CN(Cc2cncnc2)CCO1. The fourth-order valence-corrected chi connectivity index (χ4v) is 2.98. The maximum atomic E-state index is 13.9. The van der Waals surface area contributed by atoms with Gasteiger partial charge in [-0.1, -0.05) is 18.2 Å². The molecule has 0 bridgehead atoms. The lowest BCUT2D eigenvalue weighted by Crippen LogP contribution is -2.55. The van der Waals surface area contributed by atoms with E-state index in [0.717, 1.165) is 12.1 Å². The number of nitrogens with zero attached hydrogens (tertiary/aromatic N) is 3. The molecule has 0 spiro atoms. The van der Waals surface area contributed by atoms with Crippen molar-refractivity contribution in [3.05, 3.63) is 59.9 Å². The fourth-order valence-electron chi connectivity index (χ4n) is 2.98. The van der Waals surface area contributed by atoms with Crippen LogP contribution in [0.2, 0.25) is 0 Å². The van der Waals surface area contributed by atoms with E-state index >= 15 is 0 Å². The van der Waals surface area contributed by atoms with Gasteiger partial charge in [-0.05, 0) is 11.6 Å². The first kappa shape index (κ1) is 16.0. The Hall–Kier alpha value is -1.89. The molecule has 6 heteroatoms. The van der Waals surface area contributed by atoms with Crippen molar-refractivity contribution < 1.29 is 14.2 Å². The molecule has 0 saturated carbocycles. The van der Waals surface area contributed by atoms with E-state index in [1.807, 2.05) is 0 Å². The molecule has 1 aliphatic heterocycles. The predicted octanol–water partition coefficient (Wildman–Crippen LogP) is 1.42. The number of aliphatic hydroxyl groups excluding tert-OH is 1. The minimum Gasteiger partial charge on any atom is -0.393 e. The summed E-state index contributed by atoms with van der Waals surface area (Å²) in [4.78, 5) is 10.2. The Morgan fingerprint density at radius 2 is 2.04 bits per heavy atom. The third-order valence-corrected chi connectivity index (χ3v) is 4.11. The molecule has 0 amide bonds. The molecule has 1 unspecified atom stereocenters. The highest BCUT2D eigenvalue weighted by Crippen LogP contribution is 2.25. The molecule has 5 nitrogen and oxygen atoms in total. The van der Waals surface area contributed by atoms with Crippen molar-refractivity contribution in [2.75, 3.05) is 26.3 Å². The van der Waals surface area contributed by atoms with Gasteiger partial charge in [0.2, 0.25) is 0 Å². The van der Waals surface area contributed by atoms with Crippen LogP contribution in [0.15, 0.2) is 43.0 Å². The van der Waals surface area contributed by atoms with Crippen LogP contribution in [0.4, 0.5) is 4.39 Å². The van der Waals surface area contributed by atoms with Gasteiger partial charge in [-0.25, -0.2) is 14.4 Å². The molecule has 1 aromatic heterocycles. The zero-order valence-corrected chi connectivity index (χ0v) is 12.9. The summed E-state index contributed by atoms with van der Waals surface area (Å²) >= 11 is 0. The van der Waals surface area contributed by atoms with Gasteiger partial charge in [0.25, 0.3) is 0 Å². The van der Waals surface area contributed by atoms with Gasteiger partial charge in [-0.15, -0.1) is 0 Å². The molecule has 23 heavy (non-hydrogen) atoms. The normalized spacial score (nSPS) is 22.2. The molecule has 1 N–H and O–H groups in total. The van der Waals surface area contributed by atoms with Crippen molar-refractivity contribution in [3.8, 4) is 0 Å². The number of hydrogen-bond donors (Lipinski definition) is 1. The smallest absolute Gasteiger partial charge is 0.126 e. The van der Waals surface area contributed by atoms with Crippen LogP contribution in [0, 0.1) is 5.82 Å². The first-order valence-corrected chi connectivity index (χ1v) is 7.65. The minimum absolute atomic E-state index is 0.150. The molecule has 0 radical (unpaired) electrons. The van der Waals surface area contributed by atoms with Crippen LogP contribution in [0.25, 0.3) is 0 Å². The lowest BCUT2D eigenvalue weighted by atomic mass is 9.92. The van der Waals surface area contributed by atoms with E-state index in [9.17, 15) is 9.50 Å². The molecule has 2 aromatic rings. The third kappa shape index (κ3) is 3.90. The van der Waals surface area contributed by atoms with Gasteiger partial charge >= 0.3 is 0 Å². The van der Waals surface area contributed by atoms with Crippen molar-refractivity contribution in [2.45, 2.75) is 18.6 Å². The van der Waals surface area contributed by atoms with Gasteiger partial charge < -0.3 is 9.84 Å². The van der Waals surface area contributed by atoms with Crippen molar-refractivity contribution in [1.29, 1.82) is 0 Å². The summed E-state index contributed by atoms with van der Waals surface area (Å²) in [5, 5.41) is 9.88. The van der Waals surface area contributed by atoms with Gasteiger partial charge in [-0.2, -0.15) is 0 Å². The monoisotopic (exact) mass is 317 g/mol. The Balaban J connectivity index is 1.72. The van der Waals surface area contributed by atoms with Gasteiger partial charge in [0.1, 0.15) is 17.7 Å². The average molecular weight is 317 g/mol. The number of aromatic nitrogens is 2. The molecular formula is C17H20FN3O2. The molecule has 1 saturated heterocycles. The zero-order valence-electron chi connectivity index (χ0n) is 12.9. The number of benzene rings is 1. The Labute approximate surface area is 134 Å². The van der Waals surface area contributed by atoms with E-state index in [2.05, 4.69) is 14.9 Å². The molecular weight excluding hydrogens is 297 g/mol. The number of aliphatic hydroxyl groups is 1. The zero-order chi connectivity index (χ0) is 16.1. The van der Waals surface area contributed by atoms with Crippen LogP contribution < -0.4 is 0 Å².